The summed E-state index contributed by atoms with van der Waals surface area (Å²) in [4.78, 5) is 19.8. The van der Waals surface area contributed by atoms with Crippen LogP contribution < -0.4 is 4.74 Å². The van der Waals surface area contributed by atoms with Crippen LogP contribution in [0.3, 0.4) is 0 Å². The zero-order valence-electron chi connectivity index (χ0n) is 10.3. The van der Waals surface area contributed by atoms with Crippen molar-refractivity contribution in [1.82, 2.24) is 9.97 Å². The van der Waals surface area contributed by atoms with Gasteiger partial charge in [0.2, 0.25) is 5.88 Å². The van der Waals surface area contributed by atoms with E-state index in [1.54, 1.807) is 7.11 Å². The smallest absolute Gasteiger partial charge is 0.219 e. The van der Waals surface area contributed by atoms with Gasteiger partial charge in [0.15, 0.2) is 0 Å². The number of hydrogen-bond acceptors (Lipinski definition) is 4. The van der Waals surface area contributed by atoms with Gasteiger partial charge >= 0.3 is 0 Å². The fraction of sp³-hybridized carbons (Fsp3) is 0.583. The van der Waals surface area contributed by atoms with E-state index in [4.69, 9.17) is 4.74 Å². The summed E-state index contributed by atoms with van der Waals surface area (Å²) in [6, 6.07) is 0. The third kappa shape index (κ3) is 3.29. The molecule has 0 atom stereocenters. The molecule has 88 valence electrons. The number of methoxy groups -OCH3 is 1. The minimum Gasteiger partial charge on any atom is -0.481 e. The minimum absolute atomic E-state index is 0.207. The lowest BCUT2D eigenvalue weighted by atomic mass is 10.0. The van der Waals surface area contributed by atoms with Gasteiger partial charge in [0.25, 0.3) is 0 Å². The molecule has 0 saturated heterocycles. The molecule has 1 aromatic heterocycles. The van der Waals surface area contributed by atoms with Crippen molar-refractivity contribution in [2.24, 2.45) is 5.92 Å². The molecule has 4 heteroatoms. The average molecular weight is 222 g/mol. The predicted molar refractivity (Wildman–Crippen MR) is 61.5 cm³/mol. The second-order valence-electron chi connectivity index (χ2n) is 4.27. The van der Waals surface area contributed by atoms with Crippen LogP contribution in [-0.2, 0) is 11.2 Å². The van der Waals surface area contributed by atoms with E-state index >= 15 is 0 Å². The molecule has 0 N–H and O–H groups in total. The Balaban J connectivity index is 2.77. The third-order valence-corrected chi connectivity index (χ3v) is 2.34. The maximum atomic E-state index is 11.7. The van der Waals surface area contributed by atoms with E-state index in [9.17, 15) is 4.79 Å². The lowest BCUT2D eigenvalue weighted by molar-refractivity contribution is -0.119. The molecule has 16 heavy (non-hydrogen) atoms. The van der Waals surface area contributed by atoms with Crippen molar-refractivity contribution in [3.05, 3.63) is 17.6 Å². The normalized spacial score (nSPS) is 10.6. The van der Waals surface area contributed by atoms with Crippen molar-refractivity contribution in [2.45, 2.75) is 33.6 Å². The highest BCUT2D eigenvalue weighted by atomic mass is 16.5. The van der Waals surface area contributed by atoms with Crippen LogP contribution in [0.15, 0.2) is 6.33 Å². The second kappa shape index (κ2) is 5.58. The first-order valence-corrected chi connectivity index (χ1v) is 5.40. The number of rotatable bonds is 5. The third-order valence-electron chi connectivity index (χ3n) is 2.34. The Morgan fingerprint density at radius 1 is 1.44 bits per heavy atom. The number of hydrogen-bond donors (Lipinski definition) is 0. The summed E-state index contributed by atoms with van der Waals surface area (Å²) < 4.78 is 5.09. The van der Waals surface area contributed by atoms with Gasteiger partial charge in [0.05, 0.1) is 12.8 Å². The van der Waals surface area contributed by atoms with Gasteiger partial charge in [-0.2, -0.15) is 0 Å². The van der Waals surface area contributed by atoms with Gasteiger partial charge in [-0.1, -0.05) is 13.8 Å². The largest absolute Gasteiger partial charge is 0.481 e. The minimum atomic E-state index is 0.207. The molecule has 0 spiro atoms. The maximum absolute atomic E-state index is 11.7. The van der Waals surface area contributed by atoms with Crippen LogP contribution in [0.4, 0.5) is 0 Å². The van der Waals surface area contributed by atoms with E-state index in [-0.39, 0.29) is 5.78 Å². The quantitative estimate of drug-likeness (QED) is 0.764. The molecule has 0 unspecified atom stereocenters. The van der Waals surface area contributed by atoms with Crippen molar-refractivity contribution >= 4 is 5.78 Å². The van der Waals surface area contributed by atoms with Crippen LogP contribution in [0.5, 0.6) is 5.88 Å². The number of aromatic nitrogens is 2. The molecule has 1 rings (SSSR count). The molecule has 1 heterocycles. The molecule has 0 fully saturated rings. The van der Waals surface area contributed by atoms with E-state index in [1.807, 2.05) is 20.8 Å². The zero-order chi connectivity index (χ0) is 12.1. The topological polar surface area (TPSA) is 52.1 Å². The fourth-order valence-electron chi connectivity index (χ4n) is 1.57. The van der Waals surface area contributed by atoms with Crippen LogP contribution in [0.2, 0.25) is 0 Å². The van der Waals surface area contributed by atoms with Gasteiger partial charge in [-0.15, -0.1) is 0 Å². The zero-order valence-corrected chi connectivity index (χ0v) is 10.3. The first-order chi connectivity index (χ1) is 7.54. The Morgan fingerprint density at radius 2 is 2.12 bits per heavy atom. The fourth-order valence-corrected chi connectivity index (χ4v) is 1.57. The molecular formula is C12H18N2O2. The maximum Gasteiger partial charge on any atom is 0.219 e. The Labute approximate surface area is 96.1 Å². The Morgan fingerprint density at radius 3 is 2.69 bits per heavy atom. The summed E-state index contributed by atoms with van der Waals surface area (Å²) in [6.45, 7) is 5.94. The molecule has 1 aromatic rings. The highest BCUT2D eigenvalue weighted by molar-refractivity contribution is 5.81. The van der Waals surface area contributed by atoms with Gasteiger partial charge in [0, 0.05) is 18.4 Å². The predicted octanol–water partition coefficient (Wildman–Crippen LogP) is 1.95. The highest BCUT2D eigenvalue weighted by Gasteiger charge is 2.12. The number of nitrogens with zero attached hydrogens (tertiary/aromatic N) is 2. The van der Waals surface area contributed by atoms with Crippen LogP contribution in [-0.4, -0.2) is 22.9 Å². The van der Waals surface area contributed by atoms with Gasteiger partial charge in [-0.25, -0.2) is 9.97 Å². The monoisotopic (exact) mass is 222 g/mol. The molecule has 0 bridgehead atoms. The number of ether oxygens (including phenoxy) is 1. The lowest BCUT2D eigenvalue weighted by Gasteiger charge is -2.08. The van der Waals surface area contributed by atoms with E-state index in [0.717, 1.165) is 11.3 Å². The second-order valence-corrected chi connectivity index (χ2v) is 4.27. The summed E-state index contributed by atoms with van der Waals surface area (Å²) in [5, 5.41) is 0. The molecule has 0 aliphatic rings. The van der Waals surface area contributed by atoms with Crippen molar-refractivity contribution in [1.29, 1.82) is 0 Å². The van der Waals surface area contributed by atoms with Gasteiger partial charge in [-0.05, 0) is 12.8 Å². The lowest BCUT2D eigenvalue weighted by Crippen LogP contribution is -2.10. The molecule has 0 aliphatic carbocycles. The number of ketones is 1. The van der Waals surface area contributed by atoms with E-state index < -0.39 is 0 Å². The molecule has 0 aliphatic heterocycles. The molecule has 0 amide bonds. The Hall–Kier alpha value is -1.45. The van der Waals surface area contributed by atoms with Crippen molar-refractivity contribution in [3.63, 3.8) is 0 Å². The van der Waals surface area contributed by atoms with Crippen LogP contribution in [0.25, 0.3) is 0 Å². The molecule has 4 nitrogen and oxygen atoms in total. The molecule has 0 saturated carbocycles. The summed E-state index contributed by atoms with van der Waals surface area (Å²) in [5.74, 6) is 1.14. The van der Waals surface area contributed by atoms with Crippen molar-refractivity contribution in [3.8, 4) is 5.88 Å². The average Bonchev–Trinajstić information content (AvgIpc) is 2.20. The number of carbonyl (C=O) groups excluding carboxylic acids is 1. The van der Waals surface area contributed by atoms with Crippen LogP contribution in [0.1, 0.15) is 31.5 Å². The summed E-state index contributed by atoms with van der Waals surface area (Å²) in [6.07, 6.45) is 2.39. The SMILES string of the molecule is COc1ncnc(CC(=O)CC(C)C)c1C. The molecule has 0 aromatic carbocycles. The first kappa shape index (κ1) is 12.6. The summed E-state index contributed by atoms with van der Waals surface area (Å²) >= 11 is 0. The Kier molecular flexibility index (Phi) is 4.40. The highest BCUT2D eigenvalue weighted by Crippen LogP contribution is 2.17. The van der Waals surface area contributed by atoms with Gasteiger partial charge < -0.3 is 4.74 Å². The van der Waals surface area contributed by atoms with Gasteiger partial charge in [-0.3, -0.25) is 4.79 Å². The number of Topliss-reactive ketones (excluding diaryl/α,β-unsaturated/α-hetero) is 1. The van der Waals surface area contributed by atoms with Crippen LogP contribution >= 0.6 is 0 Å². The molecule has 0 radical (unpaired) electrons. The summed E-state index contributed by atoms with van der Waals surface area (Å²) in [7, 11) is 1.56. The first-order valence-electron chi connectivity index (χ1n) is 5.40. The van der Waals surface area contributed by atoms with E-state index in [0.29, 0.717) is 24.6 Å². The number of carbonyl (C=O) groups is 1. The Bertz CT molecular complexity index is 375. The van der Waals surface area contributed by atoms with Crippen LogP contribution in [0, 0.1) is 12.8 Å². The standard InChI is InChI=1S/C12H18N2O2/c1-8(2)5-10(15)6-11-9(3)12(16-4)14-7-13-11/h7-8H,5-6H2,1-4H3. The van der Waals surface area contributed by atoms with Gasteiger partial charge in [0.1, 0.15) is 12.1 Å². The summed E-state index contributed by atoms with van der Waals surface area (Å²) in [5.41, 5.74) is 1.61. The van der Waals surface area contributed by atoms with Crippen molar-refractivity contribution in [2.75, 3.05) is 7.11 Å². The molecular weight excluding hydrogens is 204 g/mol. The van der Waals surface area contributed by atoms with E-state index in [2.05, 4.69) is 9.97 Å². The van der Waals surface area contributed by atoms with Crippen molar-refractivity contribution < 1.29 is 9.53 Å². The van der Waals surface area contributed by atoms with E-state index in [1.165, 1.54) is 6.33 Å².